The fraction of sp³-hybridized carbons (Fsp3) is 0.188. The molecule has 5 heteroatoms. The SMILES string of the molecule is O=C(O)c1ccccc1OCCNCc1ccc(O)cc1. The molecular formula is C16H17NO4. The van der Waals surface area contributed by atoms with Crippen LogP contribution in [0.15, 0.2) is 48.5 Å². The lowest BCUT2D eigenvalue weighted by molar-refractivity contribution is 0.0692. The number of hydrogen-bond acceptors (Lipinski definition) is 4. The molecule has 0 saturated heterocycles. The number of para-hydroxylation sites is 1. The number of nitrogens with one attached hydrogen (secondary N) is 1. The van der Waals surface area contributed by atoms with Gasteiger partial charge in [-0.3, -0.25) is 0 Å². The van der Waals surface area contributed by atoms with Crippen molar-refractivity contribution in [2.75, 3.05) is 13.2 Å². The van der Waals surface area contributed by atoms with E-state index in [0.717, 1.165) is 5.56 Å². The Bertz CT molecular complexity index is 595. The Balaban J connectivity index is 1.75. The minimum atomic E-state index is -0.998. The summed E-state index contributed by atoms with van der Waals surface area (Å²) >= 11 is 0. The summed E-state index contributed by atoms with van der Waals surface area (Å²) in [4.78, 5) is 11.0. The van der Waals surface area contributed by atoms with Crippen molar-refractivity contribution in [3.63, 3.8) is 0 Å². The van der Waals surface area contributed by atoms with E-state index in [-0.39, 0.29) is 11.3 Å². The van der Waals surface area contributed by atoms with Gasteiger partial charge in [-0.1, -0.05) is 24.3 Å². The van der Waals surface area contributed by atoms with E-state index >= 15 is 0 Å². The molecule has 3 N–H and O–H groups in total. The summed E-state index contributed by atoms with van der Waals surface area (Å²) in [6, 6.07) is 13.5. The maximum atomic E-state index is 11.0. The number of ether oxygens (including phenoxy) is 1. The molecule has 21 heavy (non-hydrogen) atoms. The summed E-state index contributed by atoms with van der Waals surface area (Å²) in [6.07, 6.45) is 0. The van der Waals surface area contributed by atoms with Gasteiger partial charge in [-0.05, 0) is 29.8 Å². The molecule has 0 fully saturated rings. The summed E-state index contributed by atoms with van der Waals surface area (Å²) in [5.41, 5.74) is 1.22. The molecule has 2 aromatic carbocycles. The molecule has 0 heterocycles. The molecule has 0 amide bonds. The van der Waals surface area contributed by atoms with Gasteiger partial charge in [0.05, 0.1) is 0 Å². The van der Waals surface area contributed by atoms with Crippen LogP contribution >= 0.6 is 0 Å². The van der Waals surface area contributed by atoms with Crippen molar-refractivity contribution < 1.29 is 19.7 Å². The van der Waals surface area contributed by atoms with Gasteiger partial charge in [0.15, 0.2) is 0 Å². The highest BCUT2D eigenvalue weighted by atomic mass is 16.5. The van der Waals surface area contributed by atoms with Crippen LogP contribution in [-0.4, -0.2) is 29.3 Å². The summed E-state index contributed by atoms with van der Waals surface area (Å²) in [5, 5.41) is 21.4. The molecule has 110 valence electrons. The molecule has 0 spiro atoms. The third-order valence-corrected chi connectivity index (χ3v) is 2.92. The van der Waals surface area contributed by atoms with Crippen molar-refractivity contribution in [2.24, 2.45) is 0 Å². The summed E-state index contributed by atoms with van der Waals surface area (Å²) in [5.74, 6) is -0.383. The first-order chi connectivity index (χ1) is 10.2. The minimum Gasteiger partial charge on any atom is -0.508 e. The Morgan fingerprint density at radius 3 is 2.52 bits per heavy atom. The van der Waals surface area contributed by atoms with Crippen LogP contribution in [-0.2, 0) is 6.54 Å². The zero-order valence-electron chi connectivity index (χ0n) is 11.5. The lowest BCUT2D eigenvalue weighted by atomic mass is 10.2. The highest BCUT2D eigenvalue weighted by molar-refractivity contribution is 5.90. The number of carboxylic acid groups (broad SMARTS) is 1. The Kier molecular flexibility index (Phi) is 5.17. The third-order valence-electron chi connectivity index (χ3n) is 2.92. The summed E-state index contributed by atoms with van der Waals surface area (Å²) in [6.45, 7) is 1.63. The molecular weight excluding hydrogens is 270 g/mol. The number of rotatable bonds is 7. The topological polar surface area (TPSA) is 78.8 Å². The molecule has 0 aliphatic carbocycles. The first-order valence-electron chi connectivity index (χ1n) is 6.60. The predicted molar refractivity (Wildman–Crippen MR) is 78.7 cm³/mol. The van der Waals surface area contributed by atoms with Gasteiger partial charge >= 0.3 is 5.97 Å². The first-order valence-corrected chi connectivity index (χ1v) is 6.60. The van der Waals surface area contributed by atoms with E-state index in [1.165, 1.54) is 6.07 Å². The van der Waals surface area contributed by atoms with Crippen LogP contribution in [0.1, 0.15) is 15.9 Å². The van der Waals surface area contributed by atoms with Crippen LogP contribution in [0.2, 0.25) is 0 Å². The van der Waals surface area contributed by atoms with E-state index < -0.39 is 5.97 Å². The molecule has 2 aromatic rings. The second-order valence-electron chi connectivity index (χ2n) is 4.49. The van der Waals surface area contributed by atoms with Crippen LogP contribution in [0.3, 0.4) is 0 Å². The summed E-state index contributed by atoms with van der Waals surface area (Å²) < 4.78 is 5.47. The van der Waals surface area contributed by atoms with Crippen molar-refractivity contribution in [1.29, 1.82) is 0 Å². The standard InChI is InChI=1S/C16H17NO4/c18-13-7-5-12(6-8-13)11-17-9-10-21-15-4-2-1-3-14(15)16(19)20/h1-8,17-18H,9-11H2,(H,19,20). The predicted octanol–water partition coefficient (Wildman–Crippen LogP) is 2.26. The van der Waals surface area contributed by atoms with Crippen molar-refractivity contribution in [3.05, 3.63) is 59.7 Å². The number of hydrogen-bond donors (Lipinski definition) is 3. The average molecular weight is 287 g/mol. The Morgan fingerprint density at radius 2 is 1.81 bits per heavy atom. The van der Waals surface area contributed by atoms with Crippen LogP contribution in [0.25, 0.3) is 0 Å². The molecule has 0 saturated carbocycles. The van der Waals surface area contributed by atoms with Crippen LogP contribution < -0.4 is 10.1 Å². The molecule has 5 nitrogen and oxygen atoms in total. The van der Waals surface area contributed by atoms with Gasteiger partial charge in [0, 0.05) is 13.1 Å². The molecule has 0 aliphatic rings. The molecule has 0 radical (unpaired) electrons. The number of aromatic carboxylic acids is 1. The fourth-order valence-corrected chi connectivity index (χ4v) is 1.85. The van der Waals surface area contributed by atoms with E-state index in [0.29, 0.717) is 25.4 Å². The largest absolute Gasteiger partial charge is 0.508 e. The van der Waals surface area contributed by atoms with Gasteiger partial charge in [-0.2, -0.15) is 0 Å². The highest BCUT2D eigenvalue weighted by Crippen LogP contribution is 2.17. The zero-order valence-corrected chi connectivity index (χ0v) is 11.5. The van der Waals surface area contributed by atoms with Gasteiger partial charge < -0.3 is 20.3 Å². The van der Waals surface area contributed by atoms with Gasteiger partial charge in [0.1, 0.15) is 23.7 Å². The summed E-state index contributed by atoms with van der Waals surface area (Å²) in [7, 11) is 0. The van der Waals surface area contributed by atoms with E-state index in [4.69, 9.17) is 9.84 Å². The molecule has 0 bridgehead atoms. The number of phenols is 1. The van der Waals surface area contributed by atoms with E-state index in [1.54, 1.807) is 30.3 Å². The van der Waals surface area contributed by atoms with Crippen LogP contribution in [0.4, 0.5) is 0 Å². The number of phenolic OH excluding ortho intramolecular Hbond substituents is 1. The monoisotopic (exact) mass is 287 g/mol. The maximum absolute atomic E-state index is 11.0. The number of benzene rings is 2. The average Bonchev–Trinajstić information content (AvgIpc) is 2.49. The Morgan fingerprint density at radius 1 is 1.10 bits per heavy atom. The molecule has 2 rings (SSSR count). The van der Waals surface area contributed by atoms with Crippen LogP contribution in [0.5, 0.6) is 11.5 Å². The molecule has 0 unspecified atom stereocenters. The van der Waals surface area contributed by atoms with Gasteiger partial charge in [0.25, 0.3) is 0 Å². The normalized spacial score (nSPS) is 10.3. The third kappa shape index (κ3) is 4.50. The Labute approximate surface area is 122 Å². The van der Waals surface area contributed by atoms with Crippen molar-refractivity contribution in [1.82, 2.24) is 5.32 Å². The number of carboxylic acids is 1. The second kappa shape index (κ2) is 7.31. The lowest BCUT2D eigenvalue weighted by Gasteiger charge is -2.09. The zero-order chi connectivity index (χ0) is 15.1. The van der Waals surface area contributed by atoms with Gasteiger partial charge in [-0.15, -0.1) is 0 Å². The fourth-order valence-electron chi connectivity index (χ4n) is 1.85. The van der Waals surface area contributed by atoms with Crippen molar-refractivity contribution in [3.8, 4) is 11.5 Å². The van der Waals surface area contributed by atoms with Crippen molar-refractivity contribution >= 4 is 5.97 Å². The van der Waals surface area contributed by atoms with E-state index in [1.807, 2.05) is 12.1 Å². The number of aromatic hydroxyl groups is 1. The molecule has 0 aliphatic heterocycles. The second-order valence-corrected chi connectivity index (χ2v) is 4.49. The Hall–Kier alpha value is -2.53. The maximum Gasteiger partial charge on any atom is 0.339 e. The van der Waals surface area contributed by atoms with Gasteiger partial charge in [0.2, 0.25) is 0 Å². The minimum absolute atomic E-state index is 0.163. The van der Waals surface area contributed by atoms with Gasteiger partial charge in [-0.25, -0.2) is 4.79 Å². The lowest BCUT2D eigenvalue weighted by Crippen LogP contribution is -2.21. The van der Waals surface area contributed by atoms with E-state index in [2.05, 4.69) is 5.32 Å². The van der Waals surface area contributed by atoms with E-state index in [9.17, 15) is 9.90 Å². The molecule has 0 aromatic heterocycles. The van der Waals surface area contributed by atoms with Crippen LogP contribution in [0, 0.1) is 0 Å². The molecule has 0 atom stereocenters. The first kappa shape index (κ1) is 14.9. The highest BCUT2D eigenvalue weighted by Gasteiger charge is 2.09. The quantitative estimate of drug-likeness (QED) is 0.681. The number of carbonyl (C=O) groups is 1. The smallest absolute Gasteiger partial charge is 0.339 e. The van der Waals surface area contributed by atoms with Crippen molar-refractivity contribution in [2.45, 2.75) is 6.54 Å².